The average molecular weight is 351 g/mol. The quantitative estimate of drug-likeness (QED) is 0.564. The first-order valence-electron chi connectivity index (χ1n) is 7.96. The number of aromatic nitrogens is 1. The predicted octanol–water partition coefficient (Wildman–Crippen LogP) is 3.10. The molecule has 0 saturated heterocycles. The number of para-hydroxylation sites is 1. The number of hydrogen-bond acceptors (Lipinski definition) is 5. The van der Waals surface area contributed by atoms with Crippen molar-refractivity contribution < 1.29 is 19.1 Å². The van der Waals surface area contributed by atoms with Gasteiger partial charge >= 0.3 is 5.97 Å². The number of esters is 1. The van der Waals surface area contributed by atoms with Crippen LogP contribution in [0.1, 0.15) is 33.2 Å². The molecule has 0 amide bonds. The van der Waals surface area contributed by atoms with E-state index in [2.05, 4.69) is 4.98 Å². The second kappa shape index (κ2) is 7.23. The second-order valence-electron chi connectivity index (χ2n) is 5.75. The van der Waals surface area contributed by atoms with Crippen molar-refractivity contribution in [3.8, 4) is 5.75 Å². The standard InChI is InChI=1S/C20H17NO5/c1-12(22)13-7-8-18(25-2)14(9-13)11-26-20(24)16-10-19(23)21-17-6-4-3-5-15(16)17/h3-10H,11H2,1-2H3,(H,21,23). The van der Waals surface area contributed by atoms with Gasteiger partial charge < -0.3 is 14.5 Å². The molecule has 0 unspecified atom stereocenters. The summed E-state index contributed by atoms with van der Waals surface area (Å²) in [7, 11) is 1.50. The summed E-state index contributed by atoms with van der Waals surface area (Å²) in [6, 6.07) is 13.1. The number of hydrogen-bond donors (Lipinski definition) is 1. The Morgan fingerprint density at radius 2 is 1.85 bits per heavy atom. The maximum Gasteiger partial charge on any atom is 0.339 e. The lowest BCUT2D eigenvalue weighted by Crippen LogP contribution is -2.13. The van der Waals surface area contributed by atoms with E-state index in [1.54, 1.807) is 42.5 Å². The molecule has 0 saturated carbocycles. The van der Waals surface area contributed by atoms with Crippen molar-refractivity contribution in [3.63, 3.8) is 0 Å². The highest BCUT2D eigenvalue weighted by Crippen LogP contribution is 2.22. The molecule has 1 N–H and O–H groups in total. The van der Waals surface area contributed by atoms with Gasteiger partial charge in [-0.3, -0.25) is 9.59 Å². The molecular weight excluding hydrogens is 334 g/mol. The van der Waals surface area contributed by atoms with Crippen LogP contribution >= 0.6 is 0 Å². The van der Waals surface area contributed by atoms with Crippen LogP contribution in [0.15, 0.2) is 53.3 Å². The zero-order valence-electron chi connectivity index (χ0n) is 14.4. The van der Waals surface area contributed by atoms with E-state index in [0.29, 0.717) is 27.8 Å². The third-order valence-electron chi connectivity index (χ3n) is 4.02. The lowest BCUT2D eigenvalue weighted by Gasteiger charge is -2.11. The highest BCUT2D eigenvalue weighted by atomic mass is 16.5. The van der Waals surface area contributed by atoms with Crippen LogP contribution in [0.25, 0.3) is 10.9 Å². The van der Waals surface area contributed by atoms with E-state index < -0.39 is 5.97 Å². The molecular formula is C20H17NO5. The van der Waals surface area contributed by atoms with Gasteiger partial charge in [0.2, 0.25) is 5.56 Å². The summed E-state index contributed by atoms with van der Waals surface area (Å²) in [5, 5.41) is 0.599. The van der Waals surface area contributed by atoms with Crippen molar-refractivity contribution in [2.24, 2.45) is 0 Å². The van der Waals surface area contributed by atoms with Crippen molar-refractivity contribution in [2.75, 3.05) is 7.11 Å². The van der Waals surface area contributed by atoms with Gasteiger partial charge in [-0.25, -0.2) is 4.79 Å². The number of aromatic amines is 1. The highest BCUT2D eigenvalue weighted by molar-refractivity contribution is 6.03. The molecule has 3 rings (SSSR count). The monoisotopic (exact) mass is 351 g/mol. The van der Waals surface area contributed by atoms with Gasteiger partial charge in [0.05, 0.1) is 12.7 Å². The van der Waals surface area contributed by atoms with Crippen LogP contribution in [0.3, 0.4) is 0 Å². The number of H-pyrrole nitrogens is 1. The van der Waals surface area contributed by atoms with Crippen LogP contribution in [0.5, 0.6) is 5.75 Å². The Balaban J connectivity index is 1.89. The fourth-order valence-corrected chi connectivity index (χ4v) is 2.70. The molecule has 3 aromatic rings. The molecule has 0 fully saturated rings. The van der Waals surface area contributed by atoms with Crippen molar-refractivity contribution in [3.05, 3.63) is 75.6 Å². The van der Waals surface area contributed by atoms with Crippen LogP contribution in [-0.4, -0.2) is 23.8 Å². The number of pyridine rings is 1. The lowest BCUT2D eigenvalue weighted by molar-refractivity contribution is 0.0472. The SMILES string of the molecule is COc1ccc(C(C)=O)cc1COC(=O)c1cc(=O)[nH]c2ccccc12. The molecule has 26 heavy (non-hydrogen) atoms. The van der Waals surface area contributed by atoms with E-state index in [1.165, 1.54) is 20.1 Å². The lowest BCUT2D eigenvalue weighted by atomic mass is 10.1. The Morgan fingerprint density at radius 3 is 2.58 bits per heavy atom. The fraction of sp³-hybridized carbons (Fsp3) is 0.150. The predicted molar refractivity (Wildman–Crippen MR) is 96.7 cm³/mol. The van der Waals surface area contributed by atoms with E-state index in [-0.39, 0.29) is 23.5 Å². The number of ketones is 1. The molecule has 1 heterocycles. The van der Waals surface area contributed by atoms with Gasteiger partial charge in [0.1, 0.15) is 12.4 Å². The molecule has 0 bridgehead atoms. The molecule has 132 valence electrons. The Kier molecular flexibility index (Phi) is 4.84. The number of Topliss-reactive ketones (excluding diaryl/α,β-unsaturated/α-hetero) is 1. The number of fused-ring (bicyclic) bond motifs is 1. The fourth-order valence-electron chi connectivity index (χ4n) is 2.70. The summed E-state index contributed by atoms with van der Waals surface area (Å²) >= 11 is 0. The Labute approximate surface area is 149 Å². The van der Waals surface area contributed by atoms with Crippen molar-refractivity contribution in [2.45, 2.75) is 13.5 Å². The number of carbonyl (C=O) groups excluding carboxylic acids is 2. The summed E-state index contributed by atoms with van der Waals surface area (Å²) in [6.07, 6.45) is 0. The van der Waals surface area contributed by atoms with Gasteiger partial charge in [-0.05, 0) is 31.2 Å². The number of rotatable bonds is 5. The molecule has 0 aliphatic rings. The van der Waals surface area contributed by atoms with Crippen LogP contribution in [0.4, 0.5) is 0 Å². The second-order valence-corrected chi connectivity index (χ2v) is 5.75. The number of carbonyl (C=O) groups is 2. The molecule has 6 nitrogen and oxygen atoms in total. The Hall–Kier alpha value is -3.41. The van der Waals surface area contributed by atoms with Gasteiger partial charge in [-0.1, -0.05) is 18.2 Å². The van der Waals surface area contributed by atoms with E-state index in [4.69, 9.17) is 9.47 Å². The molecule has 0 atom stereocenters. The minimum Gasteiger partial charge on any atom is -0.496 e. The van der Waals surface area contributed by atoms with Crippen LogP contribution in [0, 0.1) is 0 Å². The van der Waals surface area contributed by atoms with E-state index in [9.17, 15) is 14.4 Å². The zero-order chi connectivity index (χ0) is 18.7. The minimum atomic E-state index is -0.623. The topological polar surface area (TPSA) is 85.5 Å². The first-order chi connectivity index (χ1) is 12.5. The number of methoxy groups -OCH3 is 1. The molecule has 0 radical (unpaired) electrons. The van der Waals surface area contributed by atoms with Crippen molar-refractivity contribution in [1.29, 1.82) is 0 Å². The van der Waals surface area contributed by atoms with Crippen LogP contribution in [0.2, 0.25) is 0 Å². The maximum absolute atomic E-state index is 12.5. The molecule has 0 spiro atoms. The maximum atomic E-state index is 12.5. The van der Waals surface area contributed by atoms with Gasteiger partial charge in [0.15, 0.2) is 5.78 Å². The van der Waals surface area contributed by atoms with Gasteiger partial charge in [-0.2, -0.15) is 0 Å². The Bertz CT molecular complexity index is 1050. The van der Waals surface area contributed by atoms with Crippen LogP contribution < -0.4 is 10.3 Å². The molecule has 0 aliphatic heterocycles. The number of nitrogens with one attached hydrogen (secondary N) is 1. The third kappa shape index (κ3) is 3.49. The summed E-state index contributed by atoms with van der Waals surface area (Å²) in [5.41, 5.74) is 1.43. The van der Waals surface area contributed by atoms with Crippen LogP contribution in [-0.2, 0) is 11.3 Å². The Morgan fingerprint density at radius 1 is 1.08 bits per heavy atom. The van der Waals surface area contributed by atoms with Gasteiger partial charge in [0.25, 0.3) is 0 Å². The molecule has 0 aliphatic carbocycles. The molecule has 2 aromatic carbocycles. The molecule has 6 heteroatoms. The summed E-state index contributed by atoms with van der Waals surface area (Å²) in [5.74, 6) is -0.207. The molecule has 1 aromatic heterocycles. The normalized spacial score (nSPS) is 10.5. The van der Waals surface area contributed by atoms with Crippen molar-refractivity contribution >= 4 is 22.7 Å². The minimum absolute atomic E-state index is 0.0791. The van der Waals surface area contributed by atoms with Crippen molar-refractivity contribution in [1.82, 2.24) is 4.98 Å². The highest BCUT2D eigenvalue weighted by Gasteiger charge is 2.15. The van der Waals surface area contributed by atoms with Gasteiger partial charge in [-0.15, -0.1) is 0 Å². The summed E-state index contributed by atoms with van der Waals surface area (Å²) in [6.45, 7) is 1.38. The first kappa shape index (κ1) is 17.4. The summed E-state index contributed by atoms with van der Waals surface area (Å²) in [4.78, 5) is 38.5. The van der Waals surface area contributed by atoms with Gasteiger partial charge in [0, 0.05) is 28.1 Å². The summed E-state index contributed by atoms with van der Waals surface area (Å²) < 4.78 is 10.6. The van der Waals surface area contributed by atoms with E-state index in [1.807, 2.05) is 0 Å². The number of ether oxygens (including phenoxy) is 2. The van der Waals surface area contributed by atoms with E-state index >= 15 is 0 Å². The smallest absolute Gasteiger partial charge is 0.339 e. The largest absolute Gasteiger partial charge is 0.496 e. The third-order valence-corrected chi connectivity index (χ3v) is 4.02. The average Bonchev–Trinajstić information content (AvgIpc) is 2.64. The first-order valence-corrected chi connectivity index (χ1v) is 7.96. The van der Waals surface area contributed by atoms with E-state index in [0.717, 1.165) is 0 Å². The number of benzene rings is 2. The zero-order valence-corrected chi connectivity index (χ0v) is 14.4.